The van der Waals surface area contributed by atoms with E-state index in [0.29, 0.717) is 0 Å². The van der Waals surface area contributed by atoms with E-state index in [0.717, 1.165) is 11.2 Å². The minimum atomic E-state index is 0.0628. The number of rotatable bonds is 3. The van der Waals surface area contributed by atoms with E-state index in [1.54, 1.807) is 0 Å². The van der Waals surface area contributed by atoms with Gasteiger partial charge in [-0.1, -0.05) is 67.2 Å². The van der Waals surface area contributed by atoms with Crippen LogP contribution >= 0.6 is 0 Å². The van der Waals surface area contributed by atoms with Crippen LogP contribution in [-0.4, -0.2) is 11.4 Å². The standard InChI is InChI=1S/C20H17BN2/c1-3-9-16(4-2)21-20-14-15-10-5-7-12-18(15)23(20)19-13-8-6-11-17(19)22-21/h3-14,22H,1-2H2/b16-9+. The first-order valence-electron chi connectivity index (χ1n) is 7.75. The van der Waals surface area contributed by atoms with Crippen molar-refractivity contribution in [3.63, 3.8) is 0 Å². The lowest BCUT2D eigenvalue weighted by Gasteiger charge is -2.28. The molecule has 23 heavy (non-hydrogen) atoms. The number of allylic oxidation sites excluding steroid dienone is 4. The molecular weight excluding hydrogens is 279 g/mol. The first-order valence-corrected chi connectivity index (χ1v) is 7.75. The molecule has 0 atom stereocenters. The van der Waals surface area contributed by atoms with Gasteiger partial charge in [0.05, 0.1) is 11.2 Å². The molecule has 110 valence electrons. The summed E-state index contributed by atoms with van der Waals surface area (Å²) in [6.45, 7) is 7.86. The van der Waals surface area contributed by atoms with E-state index >= 15 is 0 Å². The number of anilines is 1. The number of para-hydroxylation sites is 3. The molecule has 1 N–H and O–H groups in total. The van der Waals surface area contributed by atoms with Crippen LogP contribution in [0.25, 0.3) is 16.6 Å². The van der Waals surface area contributed by atoms with E-state index < -0.39 is 0 Å². The second-order valence-electron chi connectivity index (χ2n) is 5.66. The Morgan fingerprint density at radius 2 is 1.83 bits per heavy atom. The average Bonchev–Trinajstić information content (AvgIpc) is 2.99. The number of nitrogens with zero attached hydrogens (tertiary/aromatic N) is 1. The second-order valence-corrected chi connectivity index (χ2v) is 5.66. The molecule has 0 saturated heterocycles. The molecule has 0 fully saturated rings. The van der Waals surface area contributed by atoms with E-state index in [1.807, 2.05) is 18.2 Å². The maximum absolute atomic E-state index is 3.97. The number of nitrogens with one attached hydrogen (secondary N) is 1. The van der Waals surface area contributed by atoms with E-state index in [9.17, 15) is 0 Å². The smallest absolute Gasteiger partial charge is 0.338 e. The minimum Gasteiger partial charge on any atom is -0.417 e. The number of fused-ring (bicyclic) bond motifs is 5. The summed E-state index contributed by atoms with van der Waals surface area (Å²) in [7, 11) is 0. The van der Waals surface area contributed by atoms with Crippen molar-refractivity contribution in [1.29, 1.82) is 0 Å². The summed E-state index contributed by atoms with van der Waals surface area (Å²) in [4.78, 5) is 0. The zero-order chi connectivity index (χ0) is 15.8. The molecule has 3 heteroatoms. The van der Waals surface area contributed by atoms with Crippen molar-refractivity contribution in [2.24, 2.45) is 0 Å². The Balaban J connectivity index is 2.05. The average molecular weight is 296 g/mol. The molecule has 0 aliphatic carbocycles. The van der Waals surface area contributed by atoms with Crippen molar-refractivity contribution in [3.05, 3.63) is 91.5 Å². The van der Waals surface area contributed by atoms with Gasteiger partial charge in [0.1, 0.15) is 0 Å². The fraction of sp³-hybridized carbons (Fsp3) is 0. The van der Waals surface area contributed by atoms with Crippen LogP contribution in [0.2, 0.25) is 0 Å². The van der Waals surface area contributed by atoms with Crippen LogP contribution in [0.5, 0.6) is 0 Å². The van der Waals surface area contributed by atoms with Crippen molar-refractivity contribution in [2.75, 3.05) is 5.23 Å². The number of hydrogen-bond donors (Lipinski definition) is 1. The summed E-state index contributed by atoms with van der Waals surface area (Å²) < 4.78 is 2.34. The minimum absolute atomic E-state index is 0.0628. The fourth-order valence-corrected chi connectivity index (χ4v) is 3.35. The molecule has 0 unspecified atom stereocenters. The third-order valence-corrected chi connectivity index (χ3v) is 4.36. The predicted molar refractivity (Wildman–Crippen MR) is 101 cm³/mol. The topological polar surface area (TPSA) is 17.0 Å². The maximum atomic E-state index is 3.97. The molecule has 0 saturated carbocycles. The highest BCUT2D eigenvalue weighted by Crippen LogP contribution is 2.30. The van der Waals surface area contributed by atoms with Crippen molar-refractivity contribution < 1.29 is 0 Å². The molecule has 2 aromatic carbocycles. The van der Waals surface area contributed by atoms with Crippen molar-refractivity contribution in [3.8, 4) is 5.69 Å². The third-order valence-electron chi connectivity index (χ3n) is 4.36. The van der Waals surface area contributed by atoms with Crippen molar-refractivity contribution in [1.82, 2.24) is 4.57 Å². The molecule has 2 nitrogen and oxygen atoms in total. The molecule has 1 aliphatic rings. The lowest BCUT2D eigenvalue weighted by atomic mass is 9.51. The summed E-state index contributed by atoms with van der Waals surface area (Å²) in [6, 6.07) is 19.2. The summed E-state index contributed by atoms with van der Waals surface area (Å²) in [5.74, 6) is 0. The van der Waals surface area contributed by atoms with Gasteiger partial charge in [-0.25, -0.2) is 0 Å². The Hall–Kier alpha value is -2.94. The molecule has 4 rings (SSSR count). The molecule has 0 spiro atoms. The first kappa shape index (κ1) is 13.7. The highest BCUT2D eigenvalue weighted by Gasteiger charge is 2.31. The van der Waals surface area contributed by atoms with Crippen LogP contribution in [0.15, 0.2) is 91.5 Å². The van der Waals surface area contributed by atoms with E-state index in [2.05, 4.69) is 77.6 Å². The number of aromatic nitrogens is 1. The van der Waals surface area contributed by atoms with Gasteiger partial charge in [0.25, 0.3) is 0 Å². The maximum Gasteiger partial charge on any atom is 0.338 e. The van der Waals surface area contributed by atoms with Gasteiger partial charge in [0.15, 0.2) is 0 Å². The van der Waals surface area contributed by atoms with Crippen LogP contribution in [0.3, 0.4) is 0 Å². The molecular formula is C20H17BN2. The van der Waals surface area contributed by atoms with Gasteiger partial charge in [-0.2, -0.15) is 0 Å². The summed E-state index contributed by atoms with van der Waals surface area (Å²) in [6.07, 6.45) is 5.72. The molecule has 3 aromatic rings. The van der Waals surface area contributed by atoms with Gasteiger partial charge in [0, 0.05) is 11.3 Å². The SMILES string of the molecule is C=C/C=C(\C=C)B1Nc2ccccc2-n2c1cc1ccccc12. The third kappa shape index (κ3) is 2.05. The van der Waals surface area contributed by atoms with Crippen LogP contribution in [-0.2, 0) is 0 Å². The molecule has 0 amide bonds. The van der Waals surface area contributed by atoms with Crippen LogP contribution in [0.4, 0.5) is 5.69 Å². The highest BCUT2D eigenvalue weighted by atomic mass is 15.1. The van der Waals surface area contributed by atoms with Crippen LogP contribution in [0, 0.1) is 0 Å². The molecule has 1 aliphatic heterocycles. The summed E-state index contributed by atoms with van der Waals surface area (Å²) in [5.41, 5.74) is 5.87. The van der Waals surface area contributed by atoms with Crippen LogP contribution < -0.4 is 10.8 Å². The predicted octanol–water partition coefficient (Wildman–Crippen LogP) is 4.09. The zero-order valence-electron chi connectivity index (χ0n) is 12.9. The number of hydrogen-bond acceptors (Lipinski definition) is 1. The van der Waals surface area contributed by atoms with E-state index in [-0.39, 0.29) is 6.85 Å². The van der Waals surface area contributed by atoms with E-state index in [4.69, 9.17) is 0 Å². The lowest BCUT2D eigenvalue weighted by Crippen LogP contribution is -2.47. The Labute approximate surface area is 136 Å². The lowest BCUT2D eigenvalue weighted by molar-refractivity contribution is 1.15. The first-order chi connectivity index (χ1) is 11.3. The molecule has 2 heterocycles. The normalized spacial score (nSPS) is 13.2. The fourth-order valence-electron chi connectivity index (χ4n) is 3.35. The Morgan fingerprint density at radius 1 is 1.04 bits per heavy atom. The Morgan fingerprint density at radius 3 is 2.65 bits per heavy atom. The van der Waals surface area contributed by atoms with Gasteiger partial charge >= 0.3 is 6.85 Å². The van der Waals surface area contributed by atoms with Gasteiger partial charge < -0.3 is 9.79 Å². The van der Waals surface area contributed by atoms with Gasteiger partial charge in [0.2, 0.25) is 0 Å². The Bertz CT molecular complexity index is 949. The van der Waals surface area contributed by atoms with Crippen molar-refractivity contribution in [2.45, 2.75) is 0 Å². The molecule has 1 aromatic heterocycles. The van der Waals surface area contributed by atoms with Gasteiger partial charge in [-0.05, 0) is 29.7 Å². The molecule has 0 bridgehead atoms. The van der Waals surface area contributed by atoms with E-state index in [1.165, 1.54) is 22.2 Å². The monoisotopic (exact) mass is 296 g/mol. The summed E-state index contributed by atoms with van der Waals surface area (Å²) in [5, 5.41) is 4.89. The highest BCUT2D eigenvalue weighted by molar-refractivity contribution is 6.83. The largest absolute Gasteiger partial charge is 0.417 e. The van der Waals surface area contributed by atoms with Crippen LogP contribution in [0.1, 0.15) is 0 Å². The quantitative estimate of drug-likeness (QED) is 0.569. The Kier molecular flexibility index (Phi) is 3.20. The summed E-state index contributed by atoms with van der Waals surface area (Å²) >= 11 is 0. The zero-order valence-corrected chi connectivity index (χ0v) is 12.9. The van der Waals surface area contributed by atoms with Gasteiger partial charge in [-0.3, -0.25) is 0 Å². The molecule has 0 radical (unpaired) electrons. The number of benzene rings is 2. The second kappa shape index (κ2) is 5.36. The van der Waals surface area contributed by atoms with Gasteiger partial charge in [-0.15, -0.1) is 0 Å². The van der Waals surface area contributed by atoms with Crippen molar-refractivity contribution >= 4 is 29.0 Å².